The number of methoxy groups -OCH3 is 2. The quantitative estimate of drug-likeness (QED) is 0.524. The lowest BCUT2D eigenvalue weighted by atomic mass is 10.5. The summed E-state index contributed by atoms with van der Waals surface area (Å²) >= 11 is 0. The van der Waals surface area contributed by atoms with E-state index in [0.717, 1.165) is 0 Å². The van der Waals surface area contributed by atoms with Gasteiger partial charge in [0, 0.05) is 14.2 Å². The topological polar surface area (TPSA) is 84.9 Å². The highest BCUT2D eigenvalue weighted by molar-refractivity contribution is 7.85. The van der Waals surface area contributed by atoms with Gasteiger partial charge >= 0.3 is 0 Å². The fourth-order valence-electron chi connectivity index (χ4n) is 0.467. The Morgan fingerprint density at radius 2 is 1.36 bits per heavy atom. The van der Waals surface area contributed by atoms with Crippen molar-refractivity contribution in [2.45, 2.75) is 26.3 Å². The highest BCUT2D eigenvalue weighted by Gasteiger charge is 2.02. The average molecular weight is 229 g/mol. The van der Waals surface area contributed by atoms with E-state index in [9.17, 15) is 8.42 Å². The van der Waals surface area contributed by atoms with E-state index in [4.69, 9.17) is 14.0 Å². The first-order chi connectivity index (χ1) is 6.20. The SMILES string of the molecule is COC(C)NC(C)OC.CS(=O)(=O)O. The molecule has 7 heteroatoms. The molecule has 2 atom stereocenters. The van der Waals surface area contributed by atoms with Crippen LogP contribution in [-0.2, 0) is 19.6 Å². The molecule has 0 aromatic rings. The maximum absolute atomic E-state index is 9.19. The van der Waals surface area contributed by atoms with Crippen molar-refractivity contribution >= 4 is 10.1 Å². The molecule has 0 aromatic carbocycles. The van der Waals surface area contributed by atoms with E-state index in [2.05, 4.69) is 5.32 Å². The summed E-state index contributed by atoms with van der Waals surface area (Å²) in [5, 5.41) is 3.03. The van der Waals surface area contributed by atoms with Crippen LogP contribution in [0.2, 0.25) is 0 Å². The van der Waals surface area contributed by atoms with E-state index in [1.54, 1.807) is 14.2 Å². The zero-order chi connectivity index (χ0) is 11.8. The molecule has 6 nitrogen and oxygen atoms in total. The van der Waals surface area contributed by atoms with Crippen LogP contribution in [0, 0.1) is 0 Å². The molecule has 0 spiro atoms. The molecular formula is C7H19NO5S. The zero-order valence-electron chi connectivity index (χ0n) is 9.14. The molecule has 0 heterocycles. The summed E-state index contributed by atoms with van der Waals surface area (Å²) in [6.45, 7) is 3.85. The highest BCUT2D eigenvalue weighted by atomic mass is 32.2. The Balaban J connectivity index is 0. The van der Waals surface area contributed by atoms with E-state index < -0.39 is 10.1 Å². The minimum absolute atomic E-state index is 0.0555. The molecule has 0 aliphatic heterocycles. The second-order valence-electron chi connectivity index (χ2n) is 2.66. The number of nitrogens with one attached hydrogen (secondary N) is 1. The predicted molar refractivity (Wildman–Crippen MR) is 53.6 cm³/mol. The van der Waals surface area contributed by atoms with E-state index in [1.165, 1.54) is 0 Å². The van der Waals surface area contributed by atoms with Crippen molar-refractivity contribution in [3.8, 4) is 0 Å². The van der Waals surface area contributed by atoms with Crippen molar-refractivity contribution in [3.63, 3.8) is 0 Å². The van der Waals surface area contributed by atoms with Gasteiger partial charge in [-0.15, -0.1) is 0 Å². The molecule has 0 aliphatic carbocycles. The van der Waals surface area contributed by atoms with Crippen molar-refractivity contribution in [2.24, 2.45) is 0 Å². The maximum atomic E-state index is 9.19. The zero-order valence-corrected chi connectivity index (χ0v) is 9.96. The summed E-state index contributed by atoms with van der Waals surface area (Å²) in [4.78, 5) is 0. The Labute approximate surface area is 85.3 Å². The van der Waals surface area contributed by atoms with Gasteiger partial charge in [0.1, 0.15) is 12.5 Å². The fraction of sp³-hybridized carbons (Fsp3) is 1.00. The molecule has 0 aliphatic rings. The molecule has 0 amide bonds. The first kappa shape index (κ1) is 16.2. The molecule has 0 aromatic heterocycles. The molecule has 2 N–H and O–H groups in total. The molecule has 0 rings (SSSR count). The van der Waals surface area contributed by atoms with Crippen LogP contribution >= 0.6 is 0 Å². The third kappa shape index (κ3) is 22.6. The van der Waals surface area contributed by atoms with Crippen LogP contribution in [0.3, 0.4) is 0 Å². The second-order valence-corrected chi connectivity index (χ2v) is 4.12. The van der Waals surface area contributed by atoms with Gasteiger partial charge < -0.3 is 9.47 Å². The van der Waals surface area contributed by atoms with Crippen molar-refractivity contribution in [2.75, 3.05) is 20.5 Å². The summed E-state index contributed by atoms with van der Waals surface area (Å²) in [6.07, 6.45) is 0.826. The smallest absolute Gasteiger partial charge is 0.261 e. The van der Waals surface area contributed by atoms with E-state index in [1.807, 2.05) is 13.8 Å². The maximum Gasteiger partial charge on any atom is 0.261 e. The van der Waals surface area contributed by atoms with Gasteiger partial charge in [0.15, 0.2) is 0 Å². The highest BCUT2D eigenvalue weighted by Crippen LogP contribution is 1.86. The number of hydrogen-bond donors (Lipinski definition) is 2. The fourth-order valence-corrected chi connectivity index (χ4v) is 0.467. The van der Waals surface area contributed by atoms with Gasteiger partial charge in [-0.2, -0.15) is 8.42 Å². The molecule has 88 valence electrons. The molecular weight excluding hydrogens is 210 g/mol. The lowest BCUT2D eigenvalue weighted by molar-refractivity contribution is 0.00787. The van der Waals surface area contributed by atoms with Crippen LogP contribution < -0.4 is 5.32 Å². The summed E-state index contributed by atoms with van der Waals surface area (Å²) in [5.41, 5.74) is 0. The van der Waals surface area contributed by atoms with Crippen LogP contribution in [0.15, 0.2) is 0 Å². The number of rotatable bonds is 4. The van der Waals surface area contributed by atoms with Crippen LogP contribution in [0.1, 0.15) is 13.8 Å². The Hall–Kier alpha value is -0.210. The minimum Gasteiger partial charge on any atom is -0.367 e. The van der Waals surface area contributed by atoms with Crippen LogP contribution in [-0.4, -0.2) is 45.9 Å². The van der Waals surface area contributed by atoms with Crippen LogP contribution in [0.25, 0.3) is 0 Å². The molecule has 2 unspecified atom stereocenters. The molecule has 0 radical (unpaired) electrons. The van der Waals surface area contributed by atoms with Crippen molar-refractivity contribution in [1.29, 1.82) is 0 Å². The van der Waals surface area contributed by atoms with E-state index in [-0.39, 0.29) is 12.5 Å². The van der Waals surface area contributed by atoms with Gasteiger partial charge in [0.25, 0.3) is 10.1 Å². The molecule has 14 heavy (non-hydrogen) atoms. The Bertz CT molecular complexity index is 200. The second kappa shape index (κ2) is 8.13. The van der Waals surface area contributed by atoms with Crippen molar-refractivity contribution < 1.29 is 22.4 Å². The van der Waals surface area contributed by atoms with Crippen LogP contribution in [0.4, 0.5) is 0 Å². The normalized spacial score (nSPS) is 15.3. The predicted octanol–water partition coefficient (Wildman–Crippen LogP) is 0.0648. The lowest BCUT2D eigenvalue weighted by Gasteiger charge is -2.16. The minimum atomic E-state index is -3.67. The molecule has 0 fully saturated rings. The first-order valence-electron chi connectivity index (χ1n) is 3.94. The van der Waals surface area contributed by atoms with Crippen molar-refractivity contribution in [3.05, 3.63) is 0 Å². The van der Waals surface area contributed by atoms with Gasteiger partial charge in [0.2, 0.25) is 0 Å². The van der Waals surface area contributed by atoms with Crippen molar-refractivity contribution in [1.82, 2.24) is 5.32 Å². The van der Waals surface area contributed by atoms with Gasteiger partial charge in [0.05, 0.1) is 6.26 Å². The summed E-state index contributed by atoms with van der Waals surface area (Å²) in [7, 11) is -0.361. The standard InChI is InChI=1S/C6H15NO2.CH4O3S/c1-5(8-3)7-6(2)9-4;1-5(2,3)4/h5-7H,1-4H3;1H3,(H,2,3,4). The summed E-state index contributed by atoms with van der Waals surface area (Å²) in [5.74, 6) is 0. The third-order valence-electron chi connectivity index (χ3n) is 1.18. The first-order valence-corrected chi connectivity index (χ1v) is 5.79. The largest absolute Gasteiger partial charge is 0.367 e. The van der Waals surface area contributed by atoms with Gasteiger partial charge in [-0.3, -0.25) is 9.87 Å². The molecule has 0 bridgehead atoms. The Kier molecular flexibility index (Phi) is 9.42. The number of ether oxygens (including phenoxy) is 2. The third-order valence-corrected chi connectivity index (χ3v) is 1.18. The van der Waals surface area contributed by atoms with E-state index >= 15 is 0 Å². The monoisotopic (exact) mass is 229 g/mol. The van der Waals surface area contributed by atoms with Gasteiger partial charge in [-0.25, -0.2) is 0 Å². The van der Waals surface area contributed by atoms with E-state index in [0.29, 0.717) is 6.26 Å². The summed E-state index contributed by atoms with van der Waals surface area (Å²) in [6, 6.07) is 0. The van der Waals surface area contributed by atoms with Crippen LogP contribution in [0.5, 0.6) is 0 Å². The average Bonchev–Trinajstić information content (AvgIpc) is 2.01. The summed E-state index contributed by atoms with van der Waals surface area (Å²) < 4.78 is 35.7. The lowest BCUT2D eigenvalue weighted by Crippen LogP contribution is -2.36. The van der Waals surface area contributed by atoms with Gasteiger partial charge in [-0.05, 0) is 13.8 Å². The van der Waals surface area contributed by atoms with Gasteiger partial charge in [-0.1, -0.05) is 0 Å². The molecule has 0 saturated carbocycles. The Morgan fingerprint density at radius 3 is 1.50 bits per heavy atom. The Morgan fingerprint density at radius 1 is 1.14 bits per heavy atom. The number of hydrogen-bond acceptors (Lipinski definition) is 5. The molecule has 0 saturated heterocycles.